The lowest BCUT2D eigenvalue weighted by atomic mass is 9.95. The number of amides is 1. The first-order chi connectivity index (χ1) is 10.8. The van der Waals surface area contributed by atoms with Crippen molar-refractivity contribution in [2.24, 2.45) is 5.92 Å². The molecule has 0 aliphatic carbocycles. The number of nitrogens with zero attached hydrogens (tertiary/aromatic N) is 2. The first-order valence-electron chi connectivity index (χ1n) is 8.54. The van der Waals surface area contributed by atoms with Gasteiger partial charge in [-0.05, 0) is 37.4 Å². The van der Waals surface area contributed by atoms with Crippen molar-refractivity contribution >= 4 is 5.91 Å². The third-order valence-electron chi connectivity index (χ3n) is 4.96. The lowest BCUT2D eigenvalue weighted by Gasteiger charge is -2.39. The lowest BCUT2D eigenvalue weighted by Crippen LogP contribution is -2.51. The molecule has 1 unspecified atom stereocenters. The Labute approximate surface area is 133 Å². The molecular formula is C18H27N3O. The first kappa shape index (κ1) is 15.5. The summed E-state index contributed by atoms with van der Waals surface area (Å²) in [5.74, 6) is 1.06. The van der Waals surface area contributed by atoms with Gasteiger partial charge in [0, 0.05) is 26.2 Å². The Kier molecular flexibility index (Phi) is 5.11. The van der Waals surface area contributed by atoms with Crippen LogP contribution in [0.25, 0.3) is 0 Å². The molecule has 2 heterocycles. The maximum atomic E-state index is 13.1. The number of carbonyl (C=O) groups excluding carboxylic acids is 1. The van der Waals surface area contributed by atoms with Crippen LogP contribution in [0.2, 0.25) is 0 Å². The largest absolute Gasteiger partial charge is 0.338 e. The van der Waals surface area contributed by atoms with Crippen molar-refractivity contribution in [2.75, 3.05) is 39.3 Å². The van der Waals surface area contributed by atoms with Crippen molar-refractivity contribution < 1.29 is 4.79 Å². The summed E-state index contributed by atoms with van der Waals surface area (Å²) in [6.07, 6.45) is 2.39. The van der Waals surface area contributed by atoms with Gasteiger partial charge in [0.1, 0.15) is 6.04 Å². The normalized spacial score (nSPS) is 22.5. The molecule has 0 bridgehead atoms. The summed E-state index contributed by atoms with van der Waals surface area (Å²) < 4.78 is 0. The molecule has 0 radical (unpaired) electrons. The Hall–Kier alpha value is -1.39. The molecule has 3 rings (SSSR count). The van der Waals surface area contributed by atoms with E-state index in [-0.39, 0.29) is 11.9 Å². The summed E-state index contributed by atoms with van der Waals surface area (Å²) in [6.45, 7) is 7.83. The van der Waals surface area contributed by atoms with Crippen LogP contribution in [0.3, 0.4) is 0 Å². The van der Waals surface area contributed by atoms with Gasteiger partial charge in [-0.25, -0.2) is 0 Å². The number of nitrogens with one attached hydrogen (secondary N) is 1. The molecular weight excluding hydrogens is 274 g/mol. The molecule has 0 saturated carbocycles. The van der Waals surface area contributed by atoms with E-state index in [1.54, 1.807) is 0 Å². The zero-order valence-corrected chi connectivity index (χ0v) is 13.5. The topological polar surface area (TPSA) is 35.6 Å². The van der Waals surface area contributed by atoms with Crippen LogP contribution in [0, 0.1) is 5.92 Å². The van der Waals surface area contributed by atoms with Gasteiger partial charge in [0.05, 0.1) is 0 Å². The maximum Gasteiger partial charge on any atom is 0.244 e. The second-order valence-electron chi connectivity index (χ2n) is 6.61. The van der Waals surface area contributed by atoms with Gasteiger partial charge in [-0.15, -0.1) is 0 Å². The predicted molar refractivity (Wildman–Crippen MR) is 88.6 cm³/mol. The van der Waals surface area contributed by atoms with E-state index in [9.17, 15) is 4.79 Å². The van der Waals surface area contributed by atoms with Crippen LogP contribution in [-0.4, -0.2) is 55.0 Å². The lowest BCUT2D eigenvalue weighted by molar-refractivity contribution is -0.138. The van der Waals surface area contributed by atoms with Crippen LogP contribution in [0.15, 0.2) is 30.3 Å². The third-order valence-corrected chi connectivity index (χ3v) is 4.96. The molecule has 120 valence electrons. The van der Waals surface area contributed by atoms with Crippen molar-refractivity contribution in [1.82, 2.24) is 15.1 Å². The average Bonchev–Trinajstić information content (AvgIpc) is 2.58. The highest BCUT2D eigenvalue weighted by molar-refractivity contribution is 5.83. The molecule has 1 aromatic carbocycles. The summed E-state index contributed by atoms with van der Waals surface area (Å²) in [7, 11) is 0. The monoisotopic (exact) mass is 301 g/mol. The van der Waals surface area contributed by atoms with Crippen LogP contribution >= 0.6 is 0 Å². The van der Waals surface area contributed by atoms with Gasteiger partial charge >= 0.3 is 0 Å². The smallest absolute Gasteiger partial charge is 0.244 e. The SMILES string of the molecule is CC1CCN(C(C(=O)N2CCNCC2)c2ccccc2)CC1. The highest BCUT2D eigenvalue weighted by Gasteiger charge is 2.33. The van der Waals surface area contributed by atoms with Gasteiger partial charge in [-0.3, -0.25) is 9.69 Å². The molecule has 2 aliphatic heterocycles. The molecule has 0 aromatic heterocycles. The number of hydrogen-bond acceptors (Lipinski definition) is 3. The van der Waals surface area contributed by atoms with Crippen molar-refractivity contribution in [3.63, 3.8) is 0 Å². The van der Waals surface area contributed by atoms with Crippen LogP contribution in [0.4, 0.5) is 0 Å². The molecule has 22 heavy (non-hydrogen) atoms. The number of carbonyl (C=O) groups is 1. The van der Waals surface area contributed by atoms with Crippen molar-refractivity contribution in [2.45, 2.75) is 25.8 Å². The quantitative estimate of drug-likeness (QED) is 0.926. The standard InChI is InChI=1S/C18H27N3O/c1-15-7-11-20(12-8-15)17(16-5-3-2-4-6-16)18(22)21-13-9-19-10-14-21/h2-6,15,17,19H,7-14H2,1H3. The number of piperidine rings is 1. The second kappa shape index (κ2) is 7.25. The summed E-state index contributed by atoms with van der Waals surface area (Å²) in [6, 6.07) is 10.2. The van der Waals surface area contributed by atoms with E-state index in [0.717, 1.165) is 50.7 Å². The molecule has 1 amide bonds. The number of hydrogen-bond donors (Lipinski definition) is 1. The van der Waals surface area contributed by atoms with Crippen molar-refractivity contribution in [3.8, 4) is 0 Å². The molecule has 1 atom stereocenters. The Morgan fingerprint density at radius 1 is 1.09 bits per heavy atom. The van der Waals surface area contributed by atoms with Gasteiger partial charge in [0.15, 0.2) is 0 Å². The van der Waals surface area contributed by atoms with E-state index in [4.69, 9.17) is 0 Å². The van der Waals surface area contributed by atoms with Gasteiger partial charge in [-0.1, -0.05) is 37.3 Å². The number of piperazine rings is 1. The van der Waals surface area contributed by atoms with Gasteiger partial charge < -0.3 is 10.2 Å². The van der Waals surface area contributed by atoms with Crippen LogP contribution < -0.4 is 5.32 Å². The molecule has 4 heteroatoms. The fourth-order valence-electron chi connectivity index (χ4n) is 3.49. The number of rotatable bonds is 3. The third kappa shape index (κ3) is 3.50. The molecule has 1 aromatic rings. The van der Waals surface area contributed by atoms with E-state index in [2.05, 4.69) is 29.3 Å². The highest BCUT2D eigenvalue weighted by atomic mass is 16.2. The first-order valence-corrected chi connectivity index (χ1v) is 8.54. The second-order valence-corrected chi connectivity index (χ2v) is 6.61. The highest BCUT2D eigenvalue weighted by Crippen LogP contribution is 2.28. The van der Waals surface area contributed by atoms with E-state index >= 15 is 0 Å². The molecule has 2 aliphatic rings. The number of likely N-dealkylation sites (tertiary alicyclic amines) is 1. The van der Waals surface area contributed by atoms with E-state index < -0.39 is 0 Å². The van der Waals surface area contributed by atoms with E-state index in [0.29, 0.717) is 0 Å². The van der Waals surface area contributed by atoms with Crippen LogP contribution in [-0.2, 0) is 4.79 Å². The Balaban J connectivity index is 1.81. The molecule has 1 N–H and O–H groups in total. The minimum Gasteiger partial charge on any atom is -0.338 e. The summed E-state index contributed by atoms with van der Waals surface area (Å²) >= 11 is 0. The Morgan fingerprint density at radius 3 is 2.36 bits per heavy atom. The fraction of sp³-hybridized carbons (Fsp3) is 0.611. The zero-order valence-electron chi connectivity index (χ0n) is 13.5. The zero-order chi connectivity index (χ0) is 15.4. The minimum atomic E-state index is -0.105. The molecule has 2 saturated heterocycles. The maximum absolute atomic E-state index is 13.1. The fourth-order valence-corrected chi connectivity index (χ4v) is 3.49. The van der Waals surface area contributed by atoms with Gasteiger partial charge in [0.25, 0.3) is 0 Å². The molecule has 2 fully saturated rings. The van der Waals surface area contributed by atoms with Gasteiger partial charge in [0.2, 0.25) is 5.91 Å². The van der Waals surface area contributed by atoms with Crippen LogP contribution in [0.5, 0.6) is 0 Å². The van der Waals surface area contributed by atoms with E-state index in [1.165, 1.54) is 12.8 Å². The summed E-state index contributed by atoms with van der Waals surface area (Å²) in [5, 5.41) is 3.33. The predicted octanol–water partition coefficient (Wildman–Crippen LogP) is 1.89. The van der Waals surface area contributed by atoms with E-state index in [1.807, 2.05) is 23.1 Å². The average molecular weight is 301 g/mol. The Morgan fingerprint density at radius 2 is 1.73 bits per heavy atom. The van der Waals surface area contributed by atoms with Crippen molar-refractivity contribution in [3.05, 3.63) is 35.9 Å². The summed E-state index contributed by atoms with van der Waals surface area (Å²) in [4.78, 5) is 17.6. The van der Waals surface area contributed by atoms with Gasteiger partial charge in [-0.2, -0.15) is 0 Å². The molecule has 0 spiro atoms. The molecule has 4 nitrogen and oxygen atoms in total. The summed E-state index contributed by atoms with van der Waals surface area (Å²) in [5.41, 5.74) is 1.14. The minimum absolute atomic E-state index is 0.105. The van der Waals surface area contributed by atoms with Crippen molar-refractivity contribution in [1.29, 1.82) is 0 Å². The van der Waals surface area contributed by atoms with Crippen LogP contribution in [0.1, 0.15) is 31.4 Å². The Bertz CT molecular complexity index is 476. The number of benzene rings is 1.